The molecule has 0 saturated carbocycles. The van der Waals surface area contributed by atoms with E-state index in [9.17, 15) is 19.1 Å². The standard InChI is InChI=1S/C29H24ClFN2O6/c1-37-25-14-12-20(16-26(25)38-2)33-29(36)32-19-11-13-24(22(15-19)28(34)35)39-27(17-7-9-18(30)10-8-17)21-5-3-4-6-23(21)31/h3-16,27H,1-2H3,(H,34,35)(H2,32,33,36)/p-1. The Bertz CT molecular complexity index is 1500. The monoisotopic (exact) mass is 549 g/mol. The Morgan fingerprint density at radius 1 is 0.821 bits per heavy atom. The highest BCUT2D eigenvalue weighted by atomic mass is 35.5. The molecule has 1 atom stereocenters. The Kier molecular flexibility index (Phi) is 8.53. The van der Waals surface area contributed by atoms with Crippen LogP contribution in [-0.2, 0) is 0 Å². The van der Waals surface area contributed by atoms with Crippen LogP contribution in [0.1, 0.15) is 27.6 Å². The highest BCUT2D eigenvalue weighted by molar-refractivity contribution is 6.30. The zero-order valence-electron chi connectivity index (χ0n) is 20.9. The fourth-order valence-corrected chi connectivity index (χ4v) is 3.97. The zero-order valence-corrected chi connectivity index (χ0v) is 21.6. The molecule has 0 fully saturated rings. The van der Waals surface area contributed by atoms with Crippen LogP contribution >= 0.6 is 11.6 Å². The third-order valence-electron chi connectivity index (χ3n) is 5.70. The van der Waals surface area contributed by atoms with Crippen LogP contribution in [0.15, 0.2) is 84.9 Å². The van der Waals surface area contributed by atoms with Gasteiger partial charge in [0.2, 0.25) is 0 Å². The maximum absolute atomic E-state index is 14.7. The molecule has 2 amide bonds. The number of amides is 2. The molecule has 2 N–H and O–H groups in total. The third-order valence-corrected chi connectivity index (χ3v) is 5.96. The van der Waals surface area contributed by atoms with Crippen LogP contribution in [0.3, 0.4) is 0 Å². The van der Waals surface area contributed by atoms with Crippen LogP contribution in [0.4, 0.5) is 20.6 Å². The molecule has 0 aliphatic heterocycles. The average molecular weight is 550 g/mol. The van der Waals surface area contributed by atoms with Crippen LogP contribution < -0.4 is 30.0 Å². The van der Waals surface area contributed by atoms with Crippen molar-refractivity contribution in [1.82, 2.24) is 0 Å². The topological polar surface area (TPSA) is 109 Å². The molecule has 1 unspecified atom stereocenters. The summed E-state index contributed by atoms with van der Waals surface area (Å²) in [7, 11) is 2.96. The first kappa shape index (κ1) is 27.3. The van der Waals surface area contributed by atoms with Gasteiger partial charge >= 0.3 is 6.03 Å². The molecular formula is C29H23ClFN2O6-. The lowest BCUT2D eigenvalue weighted by Crippen LogP contribution is -2.25. The van der Waals surface area contributed by atoms with Crippen molar-refractivity contribution >= 4 is 35.0 Å². The predicted molar refractivity (Wildman–Crippen MR) is 143 cm³/mol. The first-order chi connectivity index (χ1) is 18.8. The third kappa shape index (κ3) is 6.58. The molecule has 200 valence electrons. The van der Waals surface area contributed by atoms with E-state index >= 15 is 0 Å². The van der Waals surface area contributed by atoms with Crippen LogP contribution in [-0.4, -0.2) is 26.2 Å². The van der Waals surface area contributed by atoms with Crippen molar-refractivity contribution < 1.29 is 33.3 Å². The number of aromatic carboxylic acids is 1. The lowest BCUT2D eigenvalue weighted by molar-refractivity contribution is -0.255. The van der Waals surface area contributed by atoms with Crippen molar-refractivity contribution in [3.63, 3.8) is 0 Å². The summed E-state index contributed by atoms with van der Waals surface area (Å²) in [4.78, 5) is 24.6. The Hall–Kier alpha value is -4.76. The van der Waals surface area contributed by atoms with E-state index in [1.165, 1.54) is 44.6 Å². The second kappa shape index (κ2) is 12.2. The molecule has 10 heteroatoms. The van der Waals surface area contributed by atoms with E-state index in [-0.39, 0.29) is 22.6 Å². The summed E-state index contributed by atoms with van der Waals surface area (Å²) in [6.07, 6.45) is -0.992. The quantitative estimate of drug-likeness (QED) is 0.278. The highest BCUT2D eigenvalue weighted by Crippen LogP contribution is 2.34. The normalized spacial score (nSPS) is 11.3. The maximum atomic E-state index is 14.7. The molecule has 0 saturated heterocycles. The Labute approximate surface area is 228 Å². The molecule has 0 spiro atoms. The number of carbonyl (C=O) groups excluding carboxylic acids is 2. The van der Waals surface area contributed by atoms with Crippen molar-refractivity contribution in [1.29, 1.82) is 0 Å². The van der Waals surface area contributed by atoms with E-state index in [2.05, 4.69) is 10.6 Å². The van der Waals surface area contributed by atoms with Crippen LogP contribution in [0.5, 0.6) is 17.2 Å². The molecule has 0 bridgehead atoms. The van der Waals surface area contributed by atoms with Crippen molar-refractivity contribution in [3.05, 3.63) is 112 Å². The summed E-state index contributed by atoms with van der Waals surface area (Å²) in [6.45, 7) is 0. The van der Waals surface area contributed by atoms with E-state index in [0.717, 1.165) is 0 Å². The SMILES string of the molecule is COc1ccc(NC(=O)Nc2ccc(OC(c3ccc(Cl)cc3)c3ccccc3F)c(C(=O)[O-])c2)cc1OC. The Balaban J connectivity index is 1.59. The smallest absolute Gasteiger partial charge is 0.323 e. The van der Waals surface area contributed by atoms with Crippen LogP contribution in [0.2, 0.25) is 5.02 Å². The number of rotatable bonds is 9. The molecule has 0 heterocycles. The fourth-order valence-electron chi connectivity index (χ4n) is 3.84. The van der Waals surface area contributed by atoms with Gasteiger partial charge in [0.1, 0.15) is 11.6 Å². The van der Waals surface area contributed by atoms with Gasteiger partial charge in [0, 0.05) is 33.6 Å². The van der Waals surface area contributed by atoms with Gasteiger partial charge in [0.05, 0.1) is 20.2 Å². The van der Waals surface area contributed by atoms with Crippen molar-refractivity contribution in [2.45, 2.75) is 6.10 Å². The van der Waals surface area contributed by atoms with Gasteiger partial charge in [-0.25, -0.2) is 9.18 Å². The number of benzene rings is 4. The van der Waals surface area contributed by atoms with E-state index in [0.29, 0.717) is 27.8 Å². The van der Waals surface area contributed by atoms with Crippen LogP contribution in [0.25, 0.3) is 0 Å². The zero-order chi connectivity index (χ0) is 27.9. The summed E-state index contributed by atoms with van der Waals surface area (Å²) >= 11 is 6.01. The Morgan fingerprint density at radius 2 is 1.44 bits per heavy atom. The van der Waals surface area contributed by atoms with E-state index in [1.54, 1.807) is 54.6 Å². The summed E-state index contributed by atoms with van der Waals surface area (Å²) < 4.78 is 31.2. The molecular weight excluding hydrogens is 527 g/mol. The van der Waals surface area contributed by atoms with E-state index in [1.807, 2.05) is 0 Å². The molecule has 4 rings (SSSR count). The number of carboxylic acid groups (broad SMARTS) is 1. The highest BCUT2D eigenvalue weighted by Gasteiger charge is 2.22. The number of halogens is 2. The summed E-state index contributed by atoms with van der Waals surface area (Å²) in [5.41, 5.74) is 0.981. The van der Waals surface area contributed by atoms with E-state index < -0.39 is 23.9 Å². The minimum absolute atomic E-state index is 0.0796. The van der Waals surface area contributed by atoms with E-state index in [4.69, 9.17) is 25.8 Å². The summed E-state index contributed by atoms with van der Waals surface area (Å²) in [5, 5.41) is 17.7. The number of anilines is 2. The van der Waals surface area contributed by atoms with Crippen LogP contribution in [0, 0.1) is 5.82 Å². The number of hydrogen-bond donors (Lipinski definition) is 2. The first-order valence-electron chi connectivity index (χ1n) is 11.6. The molecule has 0 aromatic heterocycles. The van der Waals surface area contributed by atoms with Gasteiger partial charge in [0.15, 0.2) is 17.6 Å². The summed E-state index contributed by atoms with van der Waals surface area (Å²) in [5.74, 6) is -1.25. The number of urea groups is 1. The van der Waals surface area contributed by atoms with Gasteiger partial charge in [-0.2, -0.15) is 0 Å². The molecule has 39 heavy (non-hydrogen) atoms. The number of nitrogens with one attached hydrogen (secondary N) is 2. The number of methoxy groups -OCH3 is 2. The molecule has 0 aliphatic rings. The van der Waals surface area contributed by atoms with Crippen molar-refractivity contribution in [2.75, 3.05) is 24.9 Å². The summed E-state index contributed by atoms with van der Waals surface area (Å²) in [6, 6.07) is 20.8. The molecule has 0 radical (unpaired) electrons. The van der Waals surface area contributed by atoms with Gasteiger partial charge in [-0.05, 0) is 54.1 Å². The largest absolute Gasteiger partial charge is 0.545 e. The van der Waals surface area contributed by atoms with Gasteiger partial charge in [-0.15, -0.1) is 0 Å². The number of carboxylic acids is 1. The second-order valence-electron chi connectivity index (χ2n) is 8.22. The predicted octanol–water partition coefficient (Wildman–Crippen LogP) is 5.67. The minimum Gasteiger partial charge on any atom is -0.545 e. The second-order valence-corrected chi connectivity index (χ2v) is 8.65. The first-order valence-corrected chi connectivity index (χ1v) is 12.0. The molecule has 8 nitrogen and oxygen atoms in total. The van der Waals surface area contributed by atoms with Gasteiger partial charge in [-0.3, -0.25) is 0 Å². The molecule has 4 aromatic carbocycles. The maximum Gasteiger partial charge on any atom is 0.323 e. The minimum atomic E-state index is -1.54. The van der Waals surface area contributed by atoms with Gasteiger partial charge < -0.3 is 34.7 Å². The number of hydrogen-bond acceptors (Lipinski definition) is 6. The number of ether oxygens (including phenoxy) is 3. The van der Waals surface area contributed by atoms with Crippen molar-refractivity contribution in [3.8, 4) is 17.2 Å². The lowest BCUT2D eigenvalue weighted by Gasteiger charge is -2.23. The Morgan fingerprint density at radius 3 is 2.05 bits per heavy atom. The van der Waals surface area contributed by atoms with Gasteiger partial charge in [-0.1, -0.05) is 41.9 Å². The lowest BCUT2D eigenvalue weighted by atomic mass is 10.0. The molecule has 0 aliphatic carbocycles. The van der Waals surface area contributed by atoms with Gasteiger partial charge in [0.25, 0.3) is 0 Å². The molecule has 4 aromatic rings. The number of carbonyl (C=O) groups is 2. The average Bonchev–Trinajstić information content (AvgIpc) is 2.93. The van der Waals surface area contributed by atoms with Crippen molar-refractivity contribution in [2.24, 2.45) is 0 Å². The fraction of sp³-hybridized carbons (Fsp3) is 0.103.